The Kier molecular flexibility index (Phi) is 6.57. The lowest BCUT2D eigenvalue weighted by Crippen LogP contribution is -2.34. The molecular weight excluding hydrogens is 544 g/mol. The first kappa shape index (κ1) is 22.8. The van der Waals surface area contributed by atoms with Gasteiger partial charge in [0, 0.05) is 15.7 Å². The number of para-hydroxylation sites is 1. The van der Waals surface area contributed by atoms with Crippen LogP contribution in [0.5, 0.6) is 11.5 Å². The van der Waals surface area contributed by atoms with E-state index in [0.29, 0.717) is 35.7 Å². The lowest BCUT2D eigenvalue weighted by Gasteiger charge is -2.29. The fourth-order valence-electron chi connectivity index (χ4n) is 4.28. The molecule has 1 saturated heterocycles. The Bertz CT molecular complexity index is 1050. The molecule has 2 aliphatic rings. The average molecular weight is 566 g/mol. The molecule has 0 unspecified atom stereocenters. The predicted octanol–water partition coefficient (Wildman–Crippen LogP) is 4.38. The number of carbonyl (C=O) groups is 3. The van der Waals surface area contributed by atoms with E-state index >= 15 is 0 Å². The zero-order chi connectivity index (χ0) is 23.0. The van der Waals surface area contributed by atoms with Gasteiger partial charge in [-0.15, -0.1) is 0 Å². The summed E-state index contributed by atoms with van der Waals surface area (Å²) < 4.78 is 10.5. The molecule has 1 aliphatic carbocycles. The molecule has 1 N–H and O–H groups in total. The second kappa shape index (κ2) is 9.23. The maximum absolute atomic E-state index is 13.2. The lowest BCUT2D eigenvalue weighted by molar-refractivity contribution is -0.122. The van der Waals surface area contributed by atoms with Crippen LogP contribution in [0.25, 0.3) is 0 Å². The molecule has 4 rings (SSSR count). The number of anilines is 2. The number of benzene rings is 2. The second-order valence-electron chi connectivity index (χ2n) is 7.77. The molecule has 0 spiro atoms. The van der Waals surface area contributed by atoms with Crippen molar-refractivity contribution in [2.24, 2.45) is 11.8 Å². The Balaban J connectivity index is 1.65. The number of carbonyl (C=O) groups excluding carboxylic acids is 3. The summed E-state index contributed by atoms with van der Waals surface area (Å²) in [6, 6.07) is 11.7. The molecule has 7 nitrogen and oxygen atoms in total. The molecule has 0 radical (unpaired) electrons. The first-order chi connectivity index (χ1) is 15.3. The van der Waals surface area contributed by atoms with Gasteiger partial charge < -0.3 is 14.8 Å². The van der Waals surface area contributed by atoms with Crippen LogP contribution in [0.2, 0.25) is 0 Å². The molecule has 0 aromatic heterocycles. The summed E-state index contributed by atoms with van der Waals surface area (Å²) in [5.41, 5.74) is 0.973. The van der Waals surface area contributed by atoms with Crippen molar-refractivity contribution in [1.82, 2.24) is 0 Å². The van der Waals surface area contributed by atoms with Crippen molar-refractivity contribution < 1.29 is 23.9 Å². The first-order valence-electron chi connectivity index (χ1n) is 10.1. The van der Waals surface area contributed by atoms with Gasteiger partial charge in [0.15, 0.2) is 0 Å². The minimum Gasteiger partial charge on any atom is -0.497 e. The van der Waals surface area contributed by atoms with Crippen molar-refractivity contribution in [2.75, 3.05) is 24.4 Å². The van der Waals surface area contributed by atoms with E-state index in [2.05, 4.69) is 37.2 Å². The van der Waals surface area contributed by atoms with Crippen molar-refractivity contribution in [3.63, 3.8) is 0 Å². The molecule has 0 bridgehead atoms. The van der Waals surface area contributed by atoms with Gasteiger partial charge in [-0.25, -0.2) is 4.90 Å². The number of ether oxygens (including phenoxy) is 2. The molecule has 1 saturated carbocycles. The van der Waals surface area contributed by atoms with Crippen molar-refractivity contribution in [1.29, 1.82) is 0 Å². The number of halogens is 2. The van der Waals surface area contributed by atoms with Crippen LogP contribution in [0.15, 0.2) is 42.5 Å². The van der Waals surface area contributed by atoms with Gasteiger partial charge in [0.05, 0.1) is 43.0 Å². The van der Waals surface area contributed by atoms with E-state index in [1.807, 2.05) is 0 Å². The van der Waals surface area contributed by atoms with Gasteiger partial charge in [-0.2, -0.15) is 0 Å². The number of hydrogen-bond acceptors (Lipinski definition) is 5. The Morgan fingerprint density at radius 3 is 2.19 bits per heavy atom. The van der Waals surface area contributed by atoms with Crippen LogP contribution in [0.4, 0.5) is 11.4 Å². The van der Waals surface area contributed by atoms with Crippen molar-refractivity contribution in [3.05, 3.63) is 48.0 Å². The molecule has 2 aromatic rings. The molecule has 9 heteroatoms. The average Bonchev–Trinajstić information content (AvgIpc) is 3.03. The molecule has 32 heavy (non-hydrogen) atoms. The Labute approximate surface area is 202 Å². The summed E-state index contributed by atoms with van der Waals surface area (Å²) in [6.07, 6.45) is 1.14. The largest absolute Gasteiger partial charge is 0.497 e. The summed E-state index contributed by atoms with van der Waals surface area (Å²) in [5.74, 6) is -0.724. The van der Waals surface area contributed by atoms with E-state index in [9.17, 15) is 14.4 Å². The third-order valence-corrected chi connectivity index (χ3v) is 8.69. The third-order valence-electron chi connectivity index (χ3n) is 5.96. The van der Waals surface area contributed by atoms with Crippen LogP contribution >= 0.6 is 31.9 Å². The van der Waals surface area contributed by atoms with E-state index in [0.717, 1.165) is 0 Å². The van der Waals surface area contributed by atoms with Crippen LogP contribution < -0.4 is 19.7 Å². The highest BCUT2D eigenvalue weighted by Gasteiger charge is 2.52. The minimum atomic E-state index is -0.448. The molecular formula is C23H22Br2N2O5. The highest BCUT2D eigenvalue weighted by molar-refractivity contribution is 9.12. The summed E-state index contributed by atoms with van der Waals surface area (Å²) in [4.78, 5) is 41.0. The number of nitrogens with zero attached hydrogens (tertiary/aromatic N) is 1. The van der Waals surface area contributed by atoms with Gasteiger partial charge in [0.25, 0.3) is 5.91 Å². The number of rotatable bonds is 5. The lowest BCUT2D eigenvalue weighted by atomic mass is 9.81. The number of alkyl halides is 2. The normalized spacial score (nSPS) is 24.8. The van der Waals surface area contributed by atoms with Crippen LogP contribution in [0, 0.1) is 11.8 Å². The van der Waals surface area contributed by atoms with E-state index in [-0.39, 0.29) is 27.0 Å². The molecule has 2 fully saturated rings. The number of hydrogen-bond donors (Lipinski definition) is 1. The second-order valence-corrected chi connectivity index (χ2v) is 10.1. The van der Waals surface area contributed by atoms with Crippen molar-refractivity contribution >= 4 is 61.0 Å². The molecule has 168 valence electrons. The van der Waals surface area contributed by atoms with Gasteiger partial charge >= 0.3 is 0 Å². The molecule has 3 amide bonds. The fourth-order valence-corrected chi connectivity index (χ4v) is 5.52. The van der Waals surface area contributed by atoms with Gasteiger partial charge in [0.1, 0.15) is 11.5 Å². The summed E-state index contributed by atoms with van der Waals surface area (Å²) >= 11 is 7.20. The maximum atomic E-state index is 13.2. The maximum Gasteiger partial charge on any atom is 0.257 e. The Morgan fingerprint density at radius 2 is 1.59 bits per heavy atom. The molecule has 1 heterocycles. The first-order valence-corrected chi connectivity index (χ1v) is 12.0. The Hall–Kier alpha value is -2.39. The van der Waals surface area contributed by atoms with Gasteiger partial charge in [0.2, 0.25) is 11.8 Å². The van der Waals surface area contributed by atoms with Crippen LogP contribution in [-0.2, 0) is 9.59 Å². The summed E-state index contributed by atoms with van der Waals surface area (Å²) in [5, 5.41) is 2.82. The Morgan fingerprint density at radius 1 is 0.969 bits per heavy atom. The zero-order valence-corrected chi connectivity index (χ0v) is 20.7. The minimum absolute atomic E-state index is 0.113. The number of methoxy groups -OCH3 is 2. The van der Waals surface area contributed by atoms with Crippen LogP contribution in [0.1, 0.15) is 23.2 Å². The number of amides is 3. The number of fused-ring (bicyclic) bond motifs is 1. The highest BCUT2D eigenvalue weighted by atomic mass is 79.9. The van der Waals surface area contributed by atoms with Crippen molar-refractivity contribution in [2.45, 2.75) is 22.5 Å². The molecule has 4 atom stereocenters. The standard InChI is InChI=1S/C23H22Br2N2O5/c1-31-12-7-8-18(20(9-12)32-2)26-21(28)13-5-3-4-6-19(13)27-22(29)14-10-16(24)17(25)11-15(14)23(27)30/h3-9,14-17H,10-11H2,1-2H3,(H,26,28)/t14-,15+,16-,17-/m0/s1. The SMILES string of the molecule is COc1ccc(NC(=O)c2ccccc2N2C(=O)[C@H]3C[C@H](Br)[C@@H](Br)C[C@H]3C2=O)c(OC)c1. The van der Waals surface area contributed by atoms with Gasteiger partial charge in [-0.05, 0) is 37.1 Å². The van der Waals surface area contributed by atoms with Crippen LogP contribution in [-0.4, -0.2) is 41.6 Å². The van der Waals surface area contributed by atoms with E-state index < -0.39 is 17.7 Å². The van der Waals surface area contributed by atoms with E-state index in [1.54, 1.807) is 49.6 Å². The number of imide groups is 1. The van der Waals surface area contributed by atoms with Gasteiger partial charge in [-0.3, -0.25) is 14.4 Å². The zero-order valence-electron chi connectivity index (χ0n) is 17.5. The van der Waals surface area contributed by atoms with Crippen molar-refractivity contribution in [3.8, 4) is 11.5 Å². The smallest absolute Gasteiger partial charge is 0.257 e. The van der Waals surface area contributed by atoms with E-state index in [1.165, 1.54) is 12.0 Å². The topological polar surface area (TPSA) is 84.9 Å². The fraction of sp³-hybridized carbons (Fsp3) is 0.348. The summed E-state index contributed by atoms with van der Waals surface area (Å²) in [6.45, 7) is 0. The monoisotopic (exact) mass is 564 g/mol. The van der Waals surface area contributed by atoms with E-state index in [4.69, 9.17) is 9.47 Å². The molecule has 2 aromatic carbocycles. The summed E-state index contributed by atoms with van der Waals surface area (Å²) in [7, 11) is 3.04. The third kappa shape index (κ3) is 4.03. The predicted molar refractivity (Wildman–Crippen MR) is 128 cm³/mol. The quantitative estimate of drug-likeness (QED) is 0.429. The number of nitrogens with one attached hydrogen (secondary N) is 1. The molecule has 1 aliphatic heterocycles. The highest BCUT2D eigenvalue weighted by Crippen LogP contribution is 2.45. The van der Waals surface area contributed by atoms with Gasteiger partial charge in [-0.1, -0.05) is 44.0 Å². The van der Waals surface area contributed by atoms with Crippen LogP contribution in [0.3, 0.4) is 0 Å².